The van der Waals surface area contributed by atoms with Gasteiger partial charge in [-0.2, -0.15) is 0 Å². The van der Waals surface area contributed by atoms with E-state index in [1.165, 1.54) is 0 Å². The van der Waals surface area contributed by atoms with Crippen LogP contribution in [0.2, 0.25) is 0 Å². The monoisotopic (exact) mass is 345 g/mol. The number of likely N-dealkylation sites (tertiary alicyclic amines) is 1. The summed E-state index contributed by atoms with van der Waals surface area (Å²) in [4.78, 5) is 38.4. The molecule has 1 aliphatic rings. The highest BCUT2D eigenvalue weighted by Gasteiger charge is 2.33. The molecule has 6 nitrogen and oxygen atoms in total. The van der Waals surface area contributed by atoms with E-state index in [2.05, 4.69) is 10.6 Å². The fraction of sp³-hybridized carbons (Fsp3) is 0.526. The minimum atomic E-state index is -0.593. The summed E-state index contributed by atoms with van der Waals surface area (Å²) in [7, 11) is 0. The van der Waals surface area contributed by atoms with E-state index >= 15 is 0 Å². The molecule has 1 saturated heterocycles. The van der Waals surface area contributed by atoms with Crippen molar-refractivity contribution in [1.29, 1.82) is 0 Å². The number of piperidine rings is 1. The van der Waals surface area contributed by atoms with Crippen molar-refractivity contribution in [2.24, 2.45) is 5.92 Å². The van der Waals surface area contributed by atoms with E-state index in [0.29, 0.717) is 31.5 Å². The molecule has 2 N–H and O–H groups in total. The fourth-order valence-electron chi connectivity index (χ4n) is 3.13. The highest BCUT2D eigenvalue weighted by molar-refractivity contribution is 5.97. The minimum Gasteiger partial charge on any atom is -0.352 e. The van der Waals surface area contributed by atoms with Gasteiger partial charge in [0.05, 0.1) is 0 Å². The summed E-state index contributed by atoms with van der Waals surface area (Å²) in [6.07, 6.45) is 1.40. The molecular weight excluding hydrogens is 318 g/mol. The van der Waals surface area contributed by atoms with Gasteiger partial charge < -0.3 is 15.5 Å². The molecule has 136 valence electrons. The number of nitrogens with one attached hydrogen (secondary N) is 2. The first-order chi connectivity index (χ1) is 11.9. The summed E-state index contributed by atoms with van der Waals surface area (Å²) in [5.74, 6) is -0.351. The van der Waals surface area contributed by atoms with Crippen LogP contribution in [-0.4, -0.2) is 47.8 Å². The molecule has 3 amide bonds. The van der Waals surface area contributed by atoms with Crippen molar-refractivity contribution in [3.63, 3.8) is 0 Å². The van der Waals surface area contributed by atoms with E-state index in [1.807, 2.05) is 19.9 Å². The van der Waals surface area contributed by atoms with Crippen LogP contribution in [0.25, 0.3) is 0 Å². The summed E-state index contributed by atoms with van der Waals surface area (Å²) in [6, 6.07) is 8.30. The maximum absolute atomic E-state index is 12.6. The molecule has 0 radical (unpaired) electrons. The predicted octanol–water partition coefficient (Wildman–Crippen LogP) is 1.57. The smallest absolute Gasteiger partial charge is 0.251 e. The topological polar surface area (TPSA) is 78.5 Å². The number of carbonyl (C=O) groups is 3. The van der Waals surface area contributed by atoms with Gasteiger partial charge in [0.15, 0.2) is 0 Å². The Morgan fingerprint density at radius 3 is 2.16 bits per heavy atom. The second-order valence-corrected chi connectivity index (χ2v) is 6.82. The maximum Gasteiger partial charge on any atom is 0.251 e. The molecule has 1 atom stereocenters. The quantitative estimate of drug-likeness (QED) is 0.850. The number of benzene rings is 1. The van der Waals surface area contributed by atoms with Crippen molar-refractivity contribution in [3.8, 4) is 0 Å². The molecule has 2 rings (SSSR count). The van der Waals surface area contributed by atoms with E-state index < -0.39 is 6.04 Å². The van der Waals surface area contributed by atoms with Gasteiger partial charge in [-0.25, -0.2) is 0 Å². The van der Waals surface area contributed by atoms with E-state index in [4.69, 9.17) is 0 Å². The predicted molar refractivity (Wildman–Crippen MR) is 96.0 cm³/mol. The van der Waals surface area contributed by atoms with Gasteiger partial charge in [-0.05, 0) is 44.7 Å². The molecule has 1 heterocycles. The summed E-state index contributed by atoms with van der Waals surface area (Å²) < 4.78 is 0. The van der Waals surface area contributed by atoms with Crippen LogP contribution in [0.4, 0.5) is 0 Å². The molecular formula is C19H27N3O3. The van der Waals surface area contributed by atoms with Crippen LogP contribution in [0, 0.1) is 5.92 Å². The first kappa shape index (κ1) is 19.0. The van der Waals surface area contributed by atoms with Gasteiger partial charge in [0.2, 0.25) is 11.8 Å². The molecule has 25 heavy (non-hydrogen) atoms. The second-order valence-electron chi connectivity index (χ2n) is 6.82. The summed E-state index contributed by atoms with van der Waals surface area (Å²) >= 11 is 0. The van der Waals surface area contributed by atoms with Crippen LogP contribution in [0.3, 0.4) is 0 Å². The molecule has 0 spiro atoms. The second kappa shape index (κ2) is 8.65. The lowest BCUT2D eigenvalue weighted by Gasteiger charge is -2.35. The third-order valence-electron chi connectivity index (χ3n) is 4.49. The minimum absolute atomic E-state index is 0.000867. The van der Waals surface area contributed by atoms with Gasteiger partial charge in [0.25, 0.3) is 5.91 Å². The highest BCUT2D eigenvalue weighted by Crippen LogP contribution is 2.21. The Kier molecular flexibility index (Phi) is 6.56. The Balaban J connectivity index is 2.09. The lowest BCUT2D eigenvalue weighted by atomic mass is 9.88. The van der Waals surface area contributed by atoms with Crippen LogP contribution in [0.1, 0.15) is 44.0 Å². The van der Waals surface area contributed by atoms with Crippen LogP contribution in [0.15, 0.2) is 30.3 Å². The van der Waals surface area contributed by atoms with Gasteiger partial charge >= 0.3 is 0 Å². The van der Waals surface area contributed by atoms with Crippen LogP contribution < -0.4 is 10.6 Å². The first-order valence-corrected chi connectivity index (χ1v) is 8.80. The molecule has 1 fully saturated rings. The Labute approximate surface area is 149 Å². The number of nitrogens with zero attached hydrogens (tertiary/aromatic N) is 1. The van der Waals surface area contributed by atoms with Crippen molar-refractivity contribution >= 4 is 17.7 Å². The zero-order valence-corrected chi connectivity index (χ0v) is 15.1. The average Bonchev–Trinajstić information content (AvgIpc) is 2.59. The normalized spacial score (nSPS) is 16.4. The Morgan fingerprint density at radius 1 is 1.04 bits per heavy atom. The molecule has 1 aliphatic heterocycles. The molecule has 1 aromatic carbocycles. The van der Waals surface area contributed by atoms with E-state index in [9.17, 15) is 14.4 Å². The lowest BCUT2D eigenvalue weighted by Crippen LogP contribution is -2.54. The van der Waals surface area contributed by atoms with Crippen molar-refractivity contribution in [2.45, 2.75) is 45.7 Å². The number of rotatable bonds is 5. The zero-order valence-electron chi connectivity index (χ0n) is 15.1. The molecule has 6 heteroatoms. The molecule has 1 unspecified atom stereocenters. The maximum atomic E-state index is 12.6. The zero-order chi connectivity index (χ0) is 18.4. The van der Waals surface area contributed by atoms with Gasteiger partial charge in [-0.15, -0.1) is 0 Å². The largest absolute Gasteiger partial charge is 0.352 e. The van der Waals surface area contributed by atoms with E-state index in [0.717, 1.165) is 0 Å². The van der Waals surface area contributed by atoms with Gasteiger partial charge in [0, 0.05) is 31.6 Å². The Hall–Kier alpha value is -2.37. The summed E-state index contributed by atoms with van der Waals surface area (Å²) in [5.41, 5.74) is 0.533. The van der Waals surface area contributed by atoms with Crippen LogP contribution >= 0.6 is 0 Å². The Morgan fingerprint density at radius 2 is 1.64 bits per heavy atom. The van der Waals surface area contributed by atoms with Crippen LogP contribution in [-0.2, 0) is 9.59 Å². The number of carbonyl (C=O) groups excluding carboxylic acids is 3. The van der Waals surface area contributed by atoms with Gasteiger partial charge in [0.1, 0.15) is 6.04 Å². The summed E-state index contributed by atoms with van der Waals surface area (Å²) in [5, 5.41) is 5.79. The third-order valence-corrected chi connectivity index (χ3v) is 4.49. The number of amides is 3. The van der Waals surface area contributed by atoms with Gasteiger partial charge in [-0.3, -0.25) is 14.4 Å². The molecule has 0 saturated carbocycles. The molecule has 0 bridgehead atoms. The highest BCUT2D eigenvalue weighted by atomic mass is 16.2. The Bertz CT molecular complexity index is 608. The summed E-state index contributed by atoms with van der Waals surface area (Å²) in [6.45, 7) is 6.58. The van der Waals surface area contributed by atoms with Crippen molar-refractivity contribution in [3.05, 3.63) is 35.9 Å². The van der Waals surface area contributed by atoms with E-state index in [1.54, 1.807) is 36.1 Å². The van der Waals surface area contributed by atoms with Crippen molar-refractivity contribution < 1.29 is 14.4 Å². The van der Waals surface area contributed by atoms with Crippen LogP contribution in [0.5, 0.6) is 0 Å². The molecule has 0 aliphatic carbocycles. The first-order valence-electron chi connectivity index (χ1n) is 8.80. The van der Waals surface area contributed by atoms with Gasteiger partial charge in [-0.1, -0.05) is 18.2 Å². The van der Waals surface area contributed by atoms with Crippen molar-refractivity contribution in [2.75, 3.05) is 13.1 Å². The number of hydrogen-bond acceptors (Lipinski definition) is 3. The molecule has 0 aromatic heterocycles. The third kappa shape index (κ3) is 5.31. The number of hydrogen-bond donors (Lipinski definition) is 2. The standard InChI is InChI=1S/C19H27N3O3/c1-13(2)20-19(25)17(15-9-11-22(12-10-15)14(3)23)21-18(24)16-7-5-4-6-8-16/h4-8,13,15,17H,9-12H2,1-3H3,(H,20,25)(H,21,24). The SMILES string of the molecule is CC(=O)N1CCC(C(NC(=O)c2ccccc2)C(=O)NC(C)C)CC1. The van der Waals surface area contributed by atoms with E-state index in [-0.39, 0.29) is 29.7 Å². The molecule has 1 aromatic rings. The van der Waals surface area contributed by atoms with Crippen molar-refractivity contribution in [1.82, 2.24) is 15.5 Å². The lowest BCUT2D eigenvalue weighted by molar-refractivity contribution is -0.130. The fourth-order valence-corrected chi connectivity index (χ4v) is 3.13. The average molecular weight is 345 g/mol.